The van der Waals surface area contributed by atoms with Crippen LogP contribution in [0.4, 0.5) is 5.82 Å². The van der Waals surface area contributed by atoms with Crippen LogP contribution in [-0.4, -0.2) is 43.2 Å². The van der Waals surface area contributed by atoms with E-state index in [0.717, 1.165) is 48.0 Å². The quantitative estimate of drug-likeness (QED) is 0.687. The topological polar surface area (TPSA) is 89.6 Å². The molecule has 1 fully saturated rings. The Morgan fingerprint density at radius 3 is 2.79 bits per heavy atom. The number of rotatable bonds is 4. The van der Waals surface area contributed by atoms with Crippen LogP contribution in [0.15, 0.2) is 40.9 Å². The summed E-state index contributed by atoms with van der Waals surface area (Å²) in [7, 11) is -2.24. The van der Waals surface area contributed by atoms with Gasteiger partial charge in [-0.25, -0.2) is 13.9 Å². The smallest absolute Gasteiger partial charge is 0.161 e. The summed E-state index contributed by atoms with van der Waals surface area (Å²) in [4.78, 5) is 4.25. The van der Waals surface area contributed by atoms with E-state index >= 15 is 0 Å². The average Bonchev–Trinajstić information content (AvgIpc) is 3.05. The van der Waals surface area contributed by atoms with Crippen LogP contribution in [0, 0.1) is 0 Å². The molecule has 1 atom stereocenters. The van der Waals surface area contributed by atoms with Gasteiger partial charge in [-0.15, -0.1) is 0 Å². The largest absolute Gasteiger partial charge is 0.508 e. The molecule has 1 N–H and O–H groups in total. The average molecular weight is 413 g/mol. The van der Waals surface area contributed by atoms with E-state index in [4.69, 9.17) is 9.84 Å². The first-order valence-corrected chi connectivity index (χ1v) is 11.9. The molecule has 7 nitrogen and oxygen atoms in total. The van der Waals surface area contributed by atoms with Crippen molar-refractivity contribution in [1.29, 1.82) is 0 Å². The number of aromatic hydroxyl groups is 1. The Kier molecular flexibility index (Phi) is 5.38. The van der Waals surface area contributed by atoms with Crippen molar-refractivity contribution in [3.05, 3.63) is 47.8 Å². The van der Waals surface area contributed by atoms with Gasteiger partial charge in [-0.05, 0) is 61.2 Å². The van der Waals surface area contributed by atoms with Crippen molar-refractivity contribution in [2.75, 3.05) is 19.1 Å². The molecule has 1 aliphatic rings. The van der Waals surface area contributed by atoms with E-state index in [1.165, 1.54) is 0 Å². The highest BCUT2D eigenvalue weighted by atomic mass is 32.2. The van der Waals surface area contributed by atoms with Crippen LogP contribution in [-0.2, 0) is 14.5 Å². The molecule has 0 aliphatic carbocycles. The Labute approximate surface area is 170 Å². The lowest BCUT2D eigenvalue weighted by Crippen LogP contribution is -2.19. The number of hydrogen-bond donors (Lipinski definition) is 1. The maximum atomic E-state index is 11.8. The minimum atomic E-state index is -2.24. The number of hydrogen-bond acceptors (Lipinski definition) is 6. The van der Waals surface area contributed by atoms with Gasteiger partial charge in [0.15, 0.2) is 12.0 Å². The van der Waals surface area contributed by atoms with Crippen LogP contribution in [0.2, 0.25) is 0 Å². The number of phenolic OH excluding ortho intramolecular Hbond substituents is 1. The van der Waals surface area contributed by atoms with Crippen molar-refractivity contribution in [2.45, 2.75) is 25.5 Å². The van der Waals surface area contributed by atoms with Gasteiger partial charge in [0.1, 0.15) is 5.75 Å². The highest BCUT2D eigenvalue weighted by molar-refractivity contribution is 7.92. The van der Waals surface area contributed by atoms with Crippen LogP contribution in [0.3, 0.4) is 0 Å². The van der Waals surface area contributed by atoms with Gasteiger partial charge in [-0.2, -0.15) is 9.46 Å². The molecule has 0 radical (unpaired) electrons. The second kappa shape index (κ2) is 7.96. The molecule has 4 rings (SSSR count). The predicted molar refractivity (Wildman–Crippen MR) is 115 cm³/mol. The molecule has 0 amide bonds. The summed E-state index contributed by atoms with van der Waals surface area (Å²) in [6.07, 6.45) is 11.7. The van der Waals surface area contributed by atoms with Crippen LogP contribution in [0.1, 0.15) is 36.7 Å². The summed E-state index contributed by atoms with van der Waals surface area (Å²) < 4.78 is 23.7. The summed E-state index contributed by atoms with van der Waals surface area (Å²) in [5, 5.41) is 15.6. The highest BCUT2D eigenvalue weighted by Gasteiger charge is 2.20. The lowest BCUT2D eigenvalue weighted by molar-refractivity contribution is -0.0367. The number of ether oxygens (including phenoxy) is 1. The van der Waals surface area contributed by atoms with Crippen molar-refractivity contribution in [3.63, 3.8) is 0 Å². The molecular weight excluding hydrogens is 388 g/mol. The highest BCUT2D eigenvalue weighted by Crippen LogP contribution is 2.30. The molecule has 152 valence electrons. The van der Waals surface area contributed by atoms with Crippen LogP contribution in [0.25, 0.3) is 23.1 Å². The summed E-state index contributed by atoms with van der Waals surface area (Å²) >= 11 is 0. The predicted octanol–water partition coefficient (Wildman–Crippen LogP) is 4.37. The third kappa shape index (κ3) is 4.65. The zero-order chi connectivity index (χ0) is 20.4. The minimum Gasteiger partial charge on any atom is -0.508 e. The third-order valence-corrected chi connectivity index (χ3v) is 5.29. The van der Waals surface area contributed by atoms with Gasteiger partial charge >= 0.3 is 0 Å². The molecule has 8 heteroatoms. The molecule has 0 spiro atoms. The van der Waals surface area contributed by atoms with Gasteiger partial charge in [-0.3, -0.25) is 0 Å². The monoisotopic (exact) mass is 412 g/mol. The SMILES string of the molecule is CS(C)(=O)=Nc1ccc(/C=C/c2nn(C3CCCCO3)c3ccc(O)cc23)cn1. The number of benzene rings is 1. The number of phenols is 1. The minimum absolute atomic E-state index is 0.0848. The summed E-state index contributed by atoms with van der Waals surface area (Å²) in [6.45, 7) is 0.736. The number of fused-ring (bicyclic) bond motifs is 1. The number of pyridine rings is 1. The van der Waals surface area contributed by atoms with Crippen molar-refractivity contribution in [2.24, 2.45) is 4.36 Å². The fourth-order valence-corrected chi connectivity index (χ4v) is 3.92. The molecule has 1 saturated heterocycles. The lowest BCUT2D eigenvalue weighted by Gasteiger charge is -2.23. The zero-order valence-electron chi connectivity index (χ0n) is 16.5. The Balaban J connectivity index is 1.67. The van der Waals surface area contributed by atoms with Crippen molar-refractivity contribution < 1.29 is 14.1 Å². The van der Waals surface area contributed by atoms with Gasteiger partial charge in [0.05, 0.1) is 11.2 Å². The van der Waals surface area contributed by atoms with Gasteiger partial charge in [0.25, 0.3) is 0 Å². The van der Waals surface area contributed by atoms with Crippen molar-refractivity contribution >= 4 is 38.6 Å². The van der Waals surface area contributed by atoms with Crippen LogP contribution < -0.4 is 0 Å². The first-order chi connectivity index (χ1) is 13.9. The normalized spacial score (nSPS) is 17.8. The second-order valence-corrected chi connectivity index (χ2v) is 9.95. The van der Waals surface area contributed by atoms with Gasteiger partial charge < -0.3 is 9.84 Å². The molecule has 3 aromatic rings. The Bertz CT molecular complexity index is 1160. The van der Waals surface area contributed by atoms with E-state index in [2.05, 4.69) is 9.35 Å². The molecular formula is C21H24N4O3S. The molecule has 2 aromatic heterocycles. The summed E-state index contributed by atoms with van der Waals surface area (Å²) in [5.41, 5.74) is 2.56. The fraction of sp³-hybridized carbons (Fsp3) is 0.333. The van der Waals surface area contributed by atoms with E-state index in [1.807, 2.05) is 29.0 Å². The maximum Gasteiger partial charge on any atom is 0.161 e. The van der Waals surface area contributed by atoms with E-state index in [1.54, 1.807) is 36.9 Å². The Morgan fingerprint density at radius 2 is 2.10 bits per heavy atom. The van der Waals surface area contributed by atoms with Crippen LogP contribution in [0.5, 0.6) is 5.75 Å². The zero-order valence-corrected chi connectivity index (χ0v) is 17.3. The van der Waals surface area contributed by atoms with Crippen molar-refractivity contribution in [1.82, 2.24) is 14.8 Å². The van der Waals surface area contributed by atoms with E-state index in [0.29, 0.717) is 5.82 Å². The number of aromatic nitrogens is 3. The molecule has 0 saturated carbocycles. The maximum absolute atomic E-state index is 11.8. The Hall–Kier alpha value is -2.71. The van der Waals surface area contributed by atoms with Gasteiger partial charge in [-0.1, -0.05) is 6.08 Å². The Morgan fingerprint density at radius 1 is 1.24 bits per heavy atom. The first kappa shape index (κ1) is 19.6. The second-order valence-electron chi connectivity index (χ2n) is 7.41. The van der Waals surface area contributed by atoms with E-state index in [9.17, 15) is 9.32 Å². The van der Waals surface area contributed by atoms with Crippen molar-refractivity contribution in [3.8, 4) is 5.75 Å². The van der Waals surface area contributed by atoms with E-state index < -0.39 is 9.73 Å². The molecule has 1 aliphatic heterocycles. The molecule has 1 unspecified atom stereocenters. The molecule has 1 aromatic carbocycles. The van der Waals surface area contributed by atoms with E-state index in [-0.39, 0.29) is 12.0 Å². The number of nitrogens with zero attached hydrogens (tertiary/aromatic N) is 4. The summed E-state index contributed by atoms with van der Waals surface area (Å²) in [5.74, 6) is 0.651. The van der Waals surface area contributed by atoms with Gasteiger partial charge in [0, 0.05) is 40.4 Å². The molecule has 29 heavy (non-hydrogen) atoms. The fourth-order valence-electron chi connectivity index (χ4n) is 3.36. The third-order valence-electron chi connectivity index (χ3n) is 4.66. The van der Waals surface area contributed by atoms with Gasteiger partial charge in [0.2, 0.25) is 0 Å². The summed E-state index contributed by atoms with van der Waals surface area (Å²) in [6, 6.07) is 8.88. The molecule has 0 bridgehead atoms. The first-order valence-electron chi connectivity index (χ1n) is 9.53. The van der Waals surface area contributed by atoms with Crippen LogP contribution >= 0.6 is 0 Å². The lowest BCUT2D eigenvalue weighted by atomic mass is 10.1. The standard InChI is InChI=1S/C21H24N4O3S/c1-29(2,27)24-20-11-7-15(14-22-20)6-9-18-17-13-16(26)8-10-19(17)25(23-18)21-5-3-4-12-28-21/h6-11,13-14,21,26H,3-5,12H2,1-2H3/b9-6+. The molecule has 3 heterocycles.